The topological polar surface area (TPSA) is 24.4 Å². The Kier molecular flexibility index (Phi) is 4.53. The van der Waals surface area contributed by atoms with Gasteiger partial charge < -0.3 is 0 Å². The number of hydrogen-bond donors (Lipinski definition) is 1. The van der Waals surface area contributed by atoms with Crippen LogP contribution < -0.4 is 4.83 Å². The van der Waals surface area contributed by atoms with Gasteiger partial charge in [0.25, 0.3) is 0 Å². The van der Waals surface area contributed by atoms with Gasteiger partial charge in [-0.05, 0) is 74.5 Å². The van der Waals surface area contributed by atoms with Crippen LogP contribution in [0.3, 0.4) is 0 Å². The van der Waals surface area contributed by atoms with Crippen molar-refractivity contribution in [1.82, 2.24) is 4.83 Å². The third-order valence-corrected chi connectivity index (χ3v) is 8.72. The Morgan fingerprint density at radius 2 is 1.96 bits per heavy atom. The molecule has 3 fully saturated rings. The van der Waals surface area contributed by atoms with Crippen LogP contribution in [0.2, 0.25) is 0 Å². The Morgan fingerprint density at radius 3 is 2.78 bits per heavy atom. The summed E-state index contributed by atoms with van der Waals surface area (Å²) >= 11 is 2.27. The van der Waals surface area contributed by atoms with Crippen molar-refractivity contribution in [3.8, 4) is 0 Å². The molecule has 0 heterocycles. The Labute approximate surface area is 157 Å². The molecule has 5 atom stereocenters. The van der Waals surface area contributed by atoms with Gasteiger partial charge in [0.1, 0.15) is 0 Å². The van der Waals surface area contributed by atoms with Gasteiger partial charge in [-0.1, -0.05) is 31.9 Å². The standard InChI is InChI=1S/C19H29IN2S/c1-18-11-4-3-5-13(18)6-7-14-15-8-9-17(21-22-23-20)19(15,2)12-10-16(14)18/h6,14-16,22H,3-5,7-12H2,1-2H3/b21-17+. The number of halogens is 1. The lowest BCUT2D eigenvalue weighted by Gasteiger charge is -2.56. The maximum Gasteiger partial charge on any atom is 0.0450 e. The summed E-state index contributed by atoms with van der Waals surface area (Å²) in [6.45, 7) is 5.12. The minimum atomic E-state index is 0.358. The highest BCUT2D eigenvalue weighted by Crippen LogP contribution is 2.64. The molecule has 128 valence electrons. The first-order valence-corrected chi connectivity index (χ1v) is 12.7. The highest BCUT2D eigenvalue weighted by molar-refractivity contribution is 14.2. The molecule has 0 bridgehead atoms. The summed E-state index contributed by atoms with van der Waals surface area (Å²) < 4.78 is 0. The lowest BCUT2D eigenvalue weighted by atomic mass is 9.48. The minimum Gasteiger partial charge on any atom is -0.242 e. The van der Waals surface area contributed by atoms with Crippen LogP contribution in [0.25, 0.3) is 0 Å². The molecule has 0 radical (unpaired) electrons. The van der Waals surface area contributed by atoms with Crippen LogP contribution in [-0.2, 0) is 0 Å². The maximum absolute atomic E-state index is 4.74. The third-order valence-electron chi connectivity index (χ3n) is 7.97. The van der Waals surface area contributed by atoms with Gasteiger partial charge in [-0.2, -0.15) is 5.10 Å². The summed E-state index contributed by atoms with van der Waals surface area (Å²) in [5, 5.41) is 4.74. The highest BCUT2D eigenvalue weighted by Gasteiger charge is 2.57. The molecule has 0 aromatic rings. The molecule has 0 amide bonds. The fourth-order valence-electron chi connectivity index (χ4n) is 6.74. The van der Waals surface area contributed by atoms with Crippen molar-refractivity contribution in [2.24, 2.45) is 33.7 Å². The van der Waals surface area contributed by atoms with Crippen LogP contribution in [0.5, 0.6) is 0 Å². The van der Waals surface area contributed by atoms with Gasteiger partial charge in [-0.25, -0.2) is 4.83 Å². The number of rotatable bonds is 2. The zero-order valence-corrected chi connectivity index (χ0v) is 17.4. The second-order valence-corrected chi connectivity index (χ2v) is 10.3. The maximum atomic E-state index is 4.74. The van der Waals surface area contributed by atoms with Crippen molar-refractivity contribution in [1.29, 1.82) is 0 Å². The fraction of sp³-hybridized carbons (Fsp3) is 0.842. The molecule has 4 aliphatic carbocycles. The second-order valence-electron chi connectivity index (χ2n) is 8.69. The van der Waals surface area contributed by atoms with Crippen LogP contribution in [0, 0.1) is 28.6 Å². The molecule has 2 nitrogen and oxygen atoms in total. The van der Waals surface area contributed by atoms with Gasteiger partial charge in [0.05, 0.1) is 0 Å². The van der Waals surface area contributed by atoms with Gasteiger partial charge in [-0.3, -0.25) is 0 Å². The molecule has 4 aliphatic rings. The van der Waals surface area contributed by atoms with Crippen molar-refractivity contribution in [2.75, 3.05) is 0 Å². The molecule has 5 unspecified atom stereocenters. The average molecular weight is 444 g/mol. The summed E-state index contributed by atoms with van der Waals surface area (Å²) in [6.07, 6.45) is 15.1. The summed E-state index contributed by atoms with van der Waals surface area (Å²) in [7, 11) is 1.59. The Bertz CT molecular complexity index is 545. The van der Waals surface area contributed by atoms with Crippen molar-refractivity contribution in [3.05, 3.63) is 11.6 Å². The predicted octanol–water partition coefficient (Wildman–Crippen LogP) is 6.28. The summed E-state index contributed by atoms with van der Waals surface area (Å²) in [4.78, 5) is 3.15. The molecule has 0 aromatic heterocycles. The first-order valence-electron chi connectivity index (χ1n) is 9.39. The first kappa shape index (κ1) is 16.7. The molecule has 4 heteroatoms. The monoisotopic (exact) mass is 444 g/mol. The molecular weight excluding hydrogens is 415 g/mol. The number of fused-ring (bicyclic) bond motifs is 5. The van der Waals surface area contributed by atoms with Crippen molar-refractivity contribution >= 4 is 36.0 Å². The number of nitrogens with one attached hydrogen (secondary N) is 1. The Balaban J connectivity index is 1.64. The van der Waals surface area contributed by atoms with E-state index in [9.17, 15) is 0 Å². The average Bonchev–Trinajstić information content (AvgIpc) is 2.89. The zero-order valence-electron chi connectivity index (χ0n) is 14.4. The molecule has 1 N–H and O–H groups in total. The van der Waals surface area contributed by atoms with E-state index in [1.807, 2.05) is 5.57 Å². The van der Waals surface area contributed by atoms with E-state index < -0.39 is 0 Å². The predicted molar refractivity (Wildman–Crippen MR) is 109 cm³/mol. The van der Waals surface area contributed by atoms with Crippen LogP contribution >= 0.6 is 30.3 Å². The smallest absolute Gasteiger partial charge is 0.0450 e. The van der Waals surface area contributed by atoms with Crippen LogP contribution in [-0.4, -0.2) is 5.71 Å². The van der Waals surface area contributed by atoms with Gasteiger partial charge in [-0.15, -0.1) is 0 Å². The van der Waals surface area contributed by atoms with E-state index in [2.05, 4.69) is 46.0 Å². The van der Waals surface area contributed by atoms with Gasteiger partial charge in [0, 0.05) is 41.5 Å². The first-order chi connectivity index (χ1) is 11.1. The number of hydrazone groups is 1. The minimum absolute atomic E-state index is 0.358. The summed E-state index contributed by atoms with van der Waals surface area (Å²) in [5.41, 5.74) is 4.16. The molecule has 0 aliphatic heterocycles. The molecule has 23 heavy (non-hydrogen) atoms. The number of allylic oxidation sites excluding steroid dienone is 2. The Morgan fingerprint density at radius 1 is 1.13 bits per heavy atom. The number of nitrogens with zero attached hydrogens (tertiary/aromatic N) is 1. The van der Waals surface area contributed by atoms with E-state index in [0.717, 1.165) is 17.8 Å². The largest absolute Gasteiger partial charge is 0.242 e. The van der Waals surface area contributed by atoms with Crippen molar-refractivity contribution in [3.63, 3.8) is 0 Å². The van der Waals surface area contributed by atoms with E-state index in [1.165, 1.54) is 63.5 Å². The lowest BCUT2D eigenvalue weighted by Crippen LogP contribution is -2.49. The molecule has 4 rings (SSSR count). The van der Waals surface area contributed by atoms with Crippen molar-refractivity contribution < 1.29 is 0 Å². The molecule has 3 saturated carbocycles. The van der Waals surface area contributed by atoms with Crippen molar-refractivity contribution in [2.45, 2.75) is 71.6 Å². The molecule has 0 spiro atoms. The van der Waals surface area contributed by atoms with E-state index in [4.69, 9.17) is 5.10 Å². The van der Waals surface area contributed by atoms with Gasteiger partial charge in [0.2, 0.25) is 0 Å². The normalized spacial score (nSPS) is 47.5. The summed E-state index contributed by atoms with van der Waals surface area (Å²) in [5.74, 6) is 2.70. The van der Waals surface area contributed by atoms with E-state index in [0.29, 0.717) is 10.8 Å². The molecule has 0 saturated heterocycles. The molecular formula is C19H29IN2S. The van der Waals surface area contributed by atoms with Gasteiger partial charge >= 0.3 is 0 Å². The van der Waals surface area contributed by atoms with E-state index in [-0.39, 0.29) is 0 Å². The number of hydrogen-bond acceptors (Lipinski definition) is 3. The van der Waals surface area contributed by atoms with Crippen LogP contribution in [0.1, 0.15) is 71.6 Å². The SMILES string of the molecule is CC12CCCCC1=CCC1C2CCC2(C)/C(=N/NSI)CCC12. The Hall–Kier alpha value is 0.290. The lowest BCUT2D eigenvalue weighted by molar-refractivity contribution is -0.00622. The fourth-order valence-corrected chi connectivity index (χ4v) is 7.18. The van der Waals surface area contributed by atoms with Crippen LogP contribution in [0.15, 0.2) is 16.8 Å². The molecule has 0 aromatic carbocycles. The van der Waals surface area contributed by atoms with E-state index >= 15 is 0 Å². The van der Waals surface area contributed by atoms with Crippen LogP contribution in [0.4, 0.5) is 0 Å². The second kappa shape index (κ2) is 6.22. The summed E-state index contributed by atoms with van der Waals surface area (Å²) in [6, 6.07) is 0. The quantitative estimate of drug-likeness (QED) is 0.235. The zero-order chi connectivity index (χ0) is 16.1. The third kappa shape index (κ3) is 2.52. The highest BCUT2D eigenvalue weighted by atomic mass is 127. The van der Waals surface area contributed by atoms with E-state index in [1.54, 1.807) is 9.12 Å². The van der Waals surface area contributed by atoms with Gasteiger partial charge in [0.15, 0.2) is 0 Å².